The summed E-state index contributed by atoms with van der Waals surface area (Å²) in [7, 11) is 3.20. The summed E-state index contributed by atoms with van der Waals surface area (Å²) < 4.78 is 5.23. The molecule has 0 saturated heterocycles. The number of carboxylic acid groups (broad SMARTS) is 1. The minimum absolute atomic E-state index is 0.153. The quantitative estimate of drug-likeness (QED) is 0.903. The second-order valence-corrected chi connectivity index (χ2v) is 5.37. The number of benzene rings is 1. The Bertz CT molecular complexity index is 546. The number of aliphatic carboxylic acids is 1. The molecule has 1 aromatic rings. The molecule has 2 atom stereocenters. The summed E-state index contributed by atoms with van der Waals surface area (Å²) in [6.07, 6.45) is 0.422. The number of carbonyl (C=O) groups is 2. The van der Waals surface area contributed by atoms with Gasteiger partial charge in [0.1, 0.15) is 5.75 Å². The number of halogens is 1. The lowest BCUT2D eigenvalue weighted by molar-refractivity contribution is -0.141. The molecule has 0 aromatic heterocycles. The third kappa shape index (κ3) is 3.04. The Morgan fingerprint density at radius 2 is 2.15 bits per heavy atom. The van der Waals surface area contributed by atoms with Crippen LogP contribution >= 0.6 is 11.6 Å². The van der Waals surface area contributed by atoms with E-state index in [-0.39, 0.29) is 5.91 Å². The molecule has 1 amide bonds. The lowest BCUT2D eigenvalue weighted by Crippen LogP contribution is -2.29. The first-order valence-electron chi connectivity index (χ1n) is 6.24. The van der Waals surface area contributed by atoms with Gasteiger partial charge in [-0.25, -0.2) is 0 Å². The molecule has 20 heavy (non-hydrogen) atoms. The number of ether oxygens (including phenoxy) is 1. The molecule has 6 heteroatoms. The topological polar surface area (TPSA) is 66.8 Å². The van der Waals surface area contributed by atoms with Crippen molar-refractivity contribution in [1.82, 2.24) is 4.90 Å². The molecular formula is C14H16ClNO4. The molecule has 1 fully saturated rings. The van der Waals surface area contributed by atoms with Crippen molar-refractivity contribution in [3.63, 3.8) is 0 Å². The van der Waals surface area contributed by atoms with Gasteiger partial charge in [0.2, 0.25) is 5.91 Å². The average Bonchev–Trinajstić information content (AvgIpc) is 3.18. The predicted molar refractivity (Wildman–Crippen MR) is 73.7 cm³/mol. The molecule has 1 saturated carbocycles. The predicted octanol–water partition coefficient (Wildman–Crippen LogP) is 2.03. The molecule has 0 bridgehead atoms. The molecule has 1 aliphatic carbocycles. The number of hydrogen-bond donors (Lipinski definition) is 1. The van der Waals surface area contributed by atoms with E-state index in [1.54, 1.807) is 32.4 Å². The van der Waals surface area contributed by atoms with Crippen LogP contribution in [-0.4, -0.2) is 36.0 Å². The van der Waals surface area contributed by atoms with Gasteiger partial charge in [0.15, 0.2) is 0 Å². The summed E-state index contributed by atoms with van der Waals surface area (Å²) in [5.74, 6) is -1.34. The highest BCUT2D eigenvalue weighted by atomic mass is 35.5. The van der Waals surface area contributed by atoms with Crippen LogP contribution in [0.15, 0.2) is 18.2 Å². The van der Waals surface area contributed by atoms with Gasteiger partial charge >= 0.3 is 5.97 Å². The Morgan fingerprint density at radius 3 is 2.70 bits per heavy atom. The van der Waals surface area contributed by atoms with Crippen molar-refractivity contribution >= 4 is 23.5 Å². The Balaban J connectivity index is 2.05. The smallest absolute Gasteiger partial charge is 0.307 e. The number of carboxylic acids is 1. The fraction of sp³-hybridized carbons (Fsp3) is 0.429. The molecule has 2 rings (SSSR count). The minimum Gasteiger partial charge on any atom is -0.496 e. The minimum atomic E-state index is -0.905. The van der Waals surface area contributed by atoms with Crippen LogP contribution in [0, 0.1) is 11.8 Å². The molecule has 0 unspecified atom stereocenters. The maximum Gasteiger partial charge on any atom is 0.307 e. The van der Waals surface area contributed by atoms with E-state index in [9.17, 15) is 9.59 Å². The molecule has 0 aliphatic heterocycles. The van der Waals surface area contributed by atoms with E-state index in [0.717, 1.165) is 5.56 Å². The van der Waals surface area contributed by atoms with Crippen molar-refractivity contribution in [3.8, 4) is 5.75 Å². The highest BCUT2D eigenvalue weighted by Crippen LogP contribution is 2.40. The van der Waals surface area contributed by atoms with Crippen LogP contribution in [0.1, 0.15) is 12.0 Å². The standard InChI is InChI=1S/C14H16ClNO4/c1-16(13(17)10-6-11(10)14(18)19)7-8-5-9(15)3-4-12(8)20-2/h3-5,10-11H,6-7H2,1-2H3,(H,18,19)/t10-,11-/m0/s1. The maximum absolute atomic E-state index is 12.1. The fourth-order valence-corrected chi connectivity index (χ4v) is 2.42. The van der Waals surface area contributed by atoms with Crippen molar-refractivity contribution in [2.45, 2.75) is 13.0 Å². The maximum atomic E-state index is 12.1. The molecule has 108 valence electrons. The first-order chi connectivity index (χ1) is 9.43. The Labute approximate surface area is 122 Å². The molecule has 0 radical (unpaired) electrons. The number of nitrogens with zero attached hydrogens (tertiary/aromatic N) is 1. The van der Waals surface area contributed by atoms with E-state index < -0.39 is 17.8 Å². The van der Waals surface area contributed by atoms with Crippen LogP contribution in [0.25, 0.3) is 0 Å². The third-order valence-electron chi connectivity index (χ3n) is 3.45. The van der Waals surface area contributed by atoms with Gasteiger partial charge in [-0.3, -0.25) is 9.59 Å². The molecular weight excluding hydrogens is 282 g/mol. The monoisotopic (exact) mass is 297 g/mol. The first kappa shape index (κ1) is 14.7. The van der Waals surface area contributed by atoms with E-state index in [4.69, 9.17) is 21.4 Å². The molecule has 1 aliphatic rings. The molecule has 0 spiro atoms. The Kier molecular flexibility index (Phi) is 4.18. The van der Waals surface area contributed by atoms with Gasteiger partial charge in [-0.2, -0.15) is 0 Å². The zero-order chi connectivity index (χ0) is 14.9. The SMILES string of the molecule is COc1ccc(Cl)cc1CN(C)C(=O)[C@H]1C[C@@H]1C(=O)O. The second-order valence-electron chi connectivity index (χ2n) is 4.94. The van der Waals surface area contributed by atoms with Crippen LogP contribution in [-0.2, 0) is 16.1 Å². The van der Waals surface area contributed by atoms with Gasteiger partial charge in [-0.15, -0.1) is 0 Å². The Morgan fingerprint density at radius 1 is 1.45 bits per heavy atom. The van der Waals surface area contributed by atoms with E-state index in [0.29, 0.717) is 23.7 Å². The van der Waals surface area contributed by atoms with Crippen LogP contribution in [0.2, 0.25) is 5.02 Å². The van der Waals surface area contributed by atoms with Crippen molar-refractivity contribution < 1.29 is 19.4 Å². The summed E-state index contributed by atoms with van der Waals surface area (Å²) in [6.45, 7) is 0.339. The van der Waals surface area contributed by atoms with E-state index >= 15 is 0 Å². The molecule has 5 nitrogen and oxygen atoms in total. The van der Waals surface area contributed by atoms with Gasteiger partial charge in [0.05, 0.1) is 18.9 Å². The van der Waals surface area contributed by atoms with E-state index in [2.05, 4.69) is 0 Å². The molecule has 0 heterocycles. The van der Waals surface area contributed by atoms with Crippen LogP contribution < -0.4 is 4.74 Å². The largest absolute Gasteiger partial charge is 0.496 e. The van der Waals surface area contributed by atoms with Gasteiger partial charge in [0.25, 0.3) is 0 Å². The highest BCUT2D eigenvalue weighted by molar-refractivity contribution is 6.30. The van der Waals surface area contributed by atoms with Crippen molar-refractivity contribution in [3.05, 3.63) is 28.8 Å². The summed E-state index contributed by atoms with van der Waals surface area (Å²) in [6, 6.07) is 5.20. The second kappa shape index (κ2) is 5.71. The zero-order valence-electron chi connectivity index (χ0n) is 11.3. The van der Waals surface area contributed by atoms with Crippen molar-refractivity contribution in [2.75, 3.05) is 14.2 Å². The first-order valence-corrected chi connectivity index (χ1v) is 6.62. The summed E-state index contributed by atoms with van der Waals surface area (Å²) in [5, 5.41) is 9.42. The van der Waals surface area contributed by atoms with Gasteiger partial charge in [0, 0.05) is 24.2 Å². The van der Waals surface area contributed by atoms with Gasteiger partial charge < -0.3 is 14.7 Å². The van der Waals surface area contributed by atoms with E-state index in [1.165, 1.54) is 4.90 Å². The van der Waals surface area contributed by atoms with E-state index in [1.807, 2.05) is 0 Å². The van der Waals surface area contributed by atoms with Crippen molar-refractivity contribution in [2.24, 2.45) is 11.8 Å². The summed E-state index contributed by atoms with van der Waals surface area (Å²) in [5.41, 5.74) is 0.795. The molecule has 1 aromatic carbocycles. The zero-order valence-corrected chi connectivity index (χ0v) is 12.1. The number of hydrogen-bond acceptors (Lipinski definition) is 3. The fourth-order valence-electron chi connectivity index (χ4n) is 2.23. The summed E-state index contributed by atoms with van der Waals surface area (Å²) >= 11 is 5.94. The third-order valence-corrected chi connectivity index (χ3v) is 3.69. The number of carbonyl (C=O) groups excluding carboxylic acids is 1. The normalized spacial score (nSPS) is 20.4. The Hall–Kier alpha value is -1.75. The molecule has 1 N–H and O–H groups in total. The lowest BCUT2D eigenvalue weighted by Gasteiger charge is -2.19. The highest BCUT2D eigenvalue weighted by Gasteiger charge is 2.49. The van der Waals surface area contributed by atoms with Crippen LogP contribution in [0.5, 0.6) is 5.75 Å². The van der Waals surface area contributed by atoms with Crippen LogP contribution in [0.4, 0.5) is 0 Å². The number of methoxy groups -OCH3 is 1. The van der Waals surface area contributed by atoms with Gasteiger partial charge in [-0.05, 0) is 24.6 Å². The van der Waals surface area contributed by atoms with Crippen LogP contribution in [0.3, 0.4) is 0 Å². The lowest BCUT2D eigenvalue weighted by atomic mass is 10.1. The average molecular weight is 298 g/mol. The summed E-state index contributed by atoms with van der Waals surface area (Å²) in [4.78, 5) is 24.4. The number of amides is 1. The number of rotatable bonds is 5. The van der Waals surface area contributed by atoms with Crippen molar-refractivity contribution in [1.29, 1.82) is 0 Å². The van der Waals surface area contributed by atoms with Gasteiger partial charge in [-0.1, -0.05) is 11.6 Å².